The van der Waals surface area contributed by atoms with Crippen molar-refractivity contribution >= 4 is 45.5 Å². The average Bonchev–Trinajstić information content (AvgIpc) is 2.81. The molecule has 0 radical (unpaired) electrons. The number of aryl methyl sites for hydroxylation is 1. The van der Waals surface area contributed by atoms with Crippen LogP contribution in [0.5, 0.6) is 5.75 Å². The molecule has 0 aliphatic rings. The summed E-state index contributed by atoms with van der Waals surface area (Å²) >= 11 is 6.17. The summed E-state index contributed by atoms with van der Waals surface area (Å²) < 4.78 is 5.36. The van der Waals surface area contributed by atoms with Gasteiger partial charge in [-0.15, -0.1) is 0 Å². The highest BCUT2D eigenvalue weighted by Crippen LogP contribution is 2.28. The van der Waals surface area contributed by atoms with Crippen LogP contribution in [0.2, 0.25) is 5.02 Å². The fourth-order valence-electron chi connectivity index (χ4n) is 3.77. The fourth-order valence-corrected chi connectivity index (χ4v) is 3.94. The number of halogens is 1. The number of aliphatic carboxylic acids is 1. The van der Waals surface area contributed by atoms with Crippen LogP contribution in [-0.4, -0.2) is 28.2 Å². The summed E-state index contributed by atoms with van der Waals surface area (Å²) in [5, 5.41) is 18.1. The van der Waals surface area contributed by atoms with E-state index in [9.17, 15) is 19.5 Å². The van der Waals surface area contributed by atoms with E-state index in [4.69, 9.17) is 16.3 Å². The summed E-state index contributed by atoms with van der Waals surface area (Å²) in [6.45, 7) is 5.35. The van der Waals surface area contributed by atoms with Crippen molar-refractivity contribution in [2.75, 3.05) is 10.6 Å². The van der Waals surface area contributed by atoms with Crippen LogP contribution in [-0.2, 0) is 11.2 Å². The van der Waals surface area contributed by atoms with Crippen molar-refractivity contribution in [2.45, 2.75) is 39.3 Å². The van der Waals surface area contributed by atoms with Gasteiger partial charge >= 0.3 is 5.97 Å². The number of fused-ring (bicyclic) bond motifs is 1. The number of carbonyl (C=O) groups is 1. The van der Waals surface area contributed by atoms with Crippen LogP contribution in [0.25, 0.3) is 10.8 Å². The van der Waals surface area contributed by atoms with Gasteiger partial charge in [-0.1, -0.05) is 29.8 Å². The van der Waals surface area contributed by atoms with Crippen molar-refractivity contribution in [3.63, 3.8) is 0 Å². The minimum absolute atomic E-state index is 0.0922. The van der Waals surface area contributed by atoms with Gasteiger partial charge in [-0.05, 0) is 62.1 Å². The lowest BCUT2D eigenvalue weighted by Crippen LogP contribution is -2.42. The molecule has 4 aromatic rings. The maximum absolute atomic E-state index is 12.0. The number of hydrogen-bond donors (Lipinski definition) is 3. The third kappa shape index (κ3) is 5.27. The first kappa shape index (κ1) is 24.2. The standard InChI is InChI=1S/C26H24ClN3O5/c1-13(2)35-24-21(22(31)23(24)32)30-20(26(33)34)11-15-4-8-18(9-5-15)29-25-19-12-17(27)7-6-16(19)10-14(3)28-25/h4-10,12-13,20,30H,11H2,1-3H3,(H,28,29)(H,33,34)/t20-/m0/s1. The van der Waals surface area contributed by atoms with Crippen molar-refractivity contribution < 1.29 is 14.6 Å². The highest BCUT2D eigenvalue weighted by atomic mass is 35.5. The molecule has 3 aromatic carbocycles. The molecule has 8 nitrogen and oxygen atoms in total. The molecular weight excluding hydrogens is 470 g/mol. The number of carboxylic acids is 1. The zero-order valence-corrected chi connectivity index (χ0v) is 20.1. The topological polar surface area (TPSA) is 118 Å². The molecule has 180 valence electrons. The van der Waals surface area contributed by atoms with E-state index in [2.05, 4.69) is 15.6 Å². The van der Waals surface area contributed by atoms with Gasteiger partial charge in [0.1, 0.15) is 17.5 Å². The van der Waals surface area contributed by atoms with Gasteiger partial charge in [0.05, 0.1) is 6.10 Å². The largest absolute Gasteiger partial charge is 0.485 e. The van der Waals surface area contributed by atoms with E-state index in [1.165, 1.54) is 0 Å². The minimum atomic E-state index is -1.15. The zero-order valence-electron chi connectivity index (χ0n) is 19.4. The molecule has 0 fully saturated rings. The van der Waals surface area contributed by atoms with Crippen molar-refractivity contribution in [3.8, 4) is 5.75 Å². The summed E-state index contributed by atoms with van der Waals surface area (Å²) in [5.74, 6) is -0.602. The van der Waals surface area contributed by atoms with Crippen molar-refractivity contribution in [1.82, 2.24) is 4.98 Å². The van der Waals surface area contributed by atoms with Gasteiger partial charge in [-0.3, -0.25) is 9.59 Å². The number of rotatable bonds is 9. The van der Waals surface area contributed by atoms with E-state index < -0.39 is 22.9 Å². The normalized spacial score (nSPS) is 12.1. The molecule has 0 saturated carbocycles. The molecule has 3 N–H and O–H groups in total. The highest BCUT2D eigenvalue weighted by Gasteiger charge is 2.28. The Kier molecular flexibility index (Phi) is 6.75. The predicted octanol–water partition coefficient (Wildman–Crippen LogP) is 4.43. The van der Waals surface area contributed by atoms with Crippen molar-refractivity contribution in [2.24, 2.45) is 0 Å². The van der Waals surface area contributed by atoms with E-state index in [1.807, 2.05) is 43.3 Å². The number of ether oxygens (including phenoxy) is 1. The van der Waals surface area contributed by atoms with Gasteiger partial charge in [0.25, 0.3) is 10.9 Å². The first-order valence-electron chi connectivity index (χ1n) is 11.0. The summed E-state index contributed by atoms with van der Waals surface area (Å²) in [7, 11) is 0. The van der Waals surface area contributed by atoms with Crippen molar-refractivity contribution in [1.29, 1.82) is 0 Å². The quantitative estimate of drug-likeness (QED) is 0.293. The summed E-state index contributed by atoms with van der Waals surface area (Å²) in [6.07, 6.45) is -0.227. The number of benzene rings is 2. The van der Waals surface area contributed by atoms with E-state index in [0.29, 0.717) is 10.8 Å². The maximum atomic E-state index is 12.0. The van der Waals surface area contributed by atoms with Crippen LogP contribution in [0.1, 0.15) is 25.1 Å². The minimum Gasteiger partial charge on any atom is -0.485 e. The molecule has 9 heteroatoms. The Labute approximate surface area is 206 Å². The third-order valence-electron chi connectivity index (χ3n) is 5.42. The van der Waals surface area contributed by atoms with Crippen molar-refractivity contribution in [3.05, 3.63) is 85.3 Å². The van der Waals surface area contributed by atoms with Crippen LogP contribution in [0.3, 0.4) is 0 Å². The number of hydrogen-bond acceptors (Lipinski definition) is 7. The van der Waals surface area contributed by atoms with Gasteiger partial charge in [0.2, 0.25) is 0 Å². The van der Waals surface area contributed by atoms with Gasteiger partial charge in [-0.2, -0.15) is 0 Å². The molecule has 35 heavy (non-hydrogen) atoms. The Morgan fingerprint density at radius 3 is 2.46 bits per heavy atom. The highest BCUT2D eigenvalue weighted by molar-refractivity contribution is 6.31. The molecule has 0 bridgehead atoms. The van der Waals surface area contributed by atoms with Gasteiger partial charge in [0, 0.05) is 28.2 Å². The van der Waals surface area contributed by atoms with Gasteiger partial charge in [0.15, 0.2) is 5.75 Å². The SMILES string of the molecule is Cc1cc2ccc(Cl)cc2c(Nc2ccc(C[C@H](Nc3c(OC(C)C)c(=O)c3=O)C(=O)O)cc2)n1. The molecular formula is C26H24ClN3O5. The second-order valence-corrected chi connectivity index (χ2v) is 9.00. The number of carboxylic acid groups (broad SMARTS) is 1. The molecule has 0 saturated heterocycles. The Balaban J connectivity index is 1.51. The molecule has 0 aliphatic heterocycles. The Hall–Kier alpha value is -3.91. The fraction of sp³-hybridized carbons (Fsp3) is 0.231. The zero-order chi connectivity index (χ0) is 25.3. The number of nitrogens with zero attached hydrogens (tertiary/aromatic N) is 1. The third-order valence-corrected chi connectivity index (χ3v) is 5.65. The van der Waals surface area contributed by atoms with E-state index in [1.54, 1.807) is 26.0 Å². The first-order chi connectivity index (χ1) is 16.6. The lowest BCUT2D eigenvalue weighted by atomic mass is 10.0. The number of anilines is 3. The molecule has 0 spiro atoms. The van der Waals surface area contributed by atoms with E-state index in [0.717, 1.165) is 27.7 Å². The number of aromatic nitrogens is 1. The van der Waals surface area contributed by atoms with E-state index in [-0.39, 0.29) is 24.0 Å². The number of nitrogens with one attached hydrogen (secondary N) is 2. The molecule has 0 aliphatic carbocycles. The van der Waals surface area contributed by atoms with Crippen LogP contribution >= 0.6 is 11.6 Å². The first-order valence-corrected chi connectivity index (χ1v) is 11.4. The van der Waals surface area contributed by atoms with Crippen LogP contribution < -0.4 is 26.2 Å². The monoisotopic (exact) mass is 493 g/mol. The Bertz CT molecular complexity index is 1470. The summed E-state index contributed by atoms with van der Waals surface area (Å²) in [6, 6.07) is 13.7. The number of pyridine rings is 1. The molecule has 1 atom stereocenters. The second kappa shape index (κ2) is 9.76. The summed E-state index contributed by atoms with van der Waals surface area (Å²) in [5.41, 5.74) is 0.733. The molecule has 1 heterocycles. The smallest absolute Gasteiger partial charge is 0.326 e. The lowest BCUT2D eigenvalue weighted by molar-refractivity contribution is -0.137. The second-order valence-electron chi connectivity index (χ2n) is 8.57. The van der Waals surface area contributed by atoms with E-state index >= 15 is 0 Å². The average molecular weight is 494 g/mol. The maximum Gasteiger partial charge on any atom is 0.326 e. The van der Waals surface area contributed by atoms with Crippen LogP contribution in [0, 0.1) is 6.92 Å². The Morgan fingerprint density at radius 1 is 1.09 bits per heavy atom. The van der Waals surface area contributed by atoms with Gasteiger partial charge in [-0.25, -0.2) is 9.78 Å². The Morgan fingerprint density at radius 2 is 1.80 bits per heavy atom. The molecule has 4 rings (SSSR count). The molecule has 0 amide bonds. The van der Waals surface area contributed by atoms with Gasteiger partial charge < -0.3 is 20.5 Å². The van der Waals surface area contributed by atoms with Crippen LogP contribution in [0.15, 0.2) is 58.1 Å². The molecule has 1 aromatic heterocycles. The predicted molar refractivity (Wildman–Crippen MR) is 137 cm³/mol. The van der Waals surface area contributed by atoms with Crippen LogP contribution in [0.4, 0.5) is 17.2 Å². The lowest BCUT2D eigenvalue weighted by Gasteiger charge is -2.20. The summed E-state index contributed by atoms with van der Waals surface area (Å²) in [4.78, 5) is 40.2. The molecule has 0 unspecified atom stereocenters.